The van der Waals surface area contributed by atoms with Crippen LogP contribution < -0.4 is 0 Å². The molecule has 2 radical (unpaired) electrons. The second-order valence-corrected chi connectivity index (χ2v) is 0.933. The highest BCUT2D eigenvalue weighted by molar-refractivity contribution is 4.72. The number of hydrogen-bond donors (Lipinski definition) is 0. The van der Waals surface area contributed by atoms with Crippen molar-refractivity contribution in [3.63, 3.8) is 0 Å². The fourth-order valence-electron chi connectivity index (χ4n) is 0.0253. The Morgan fingerprint density at radius 2 is 1.86 bits per heavy atom. The molecule has 0 aliphatic rings. The van der Waals surface area contributed by atoms with Crippen LogP contribution in [-0.4, -0.2) is 12.6 Å². The molecule has 7 heavy (non-hydrogen) atoms. The molecule has 0 aromatic rings. The standard InChI is InChI=1S/C3H2F4/c4-1-3(6,7)2-5/h1H2. The zero-order chi connectivity index (χ0) is 5.91. The molecule has 4 heteroatoms. The zero-order valence-corrected chi connectivity index (χ0v) is 3.22. The Morgan fingerprint density at radius 1 is 1.43 bits per heavy atom. The van der Waals surface area contributed by atoms with Gasteiger partial charge in [0.25, 0.3) is 6.67 Å². The third kappa shape index (κ3) is 2.42. The van der Waals surface area contributed by atoms with Crippen molar-refractivity contribution < 1.29 is 17.6 Å². The molecule has 0 fully saturated rings. The summed E-state index contributed by atoms with van der Waals surface area (Å²) < 4.78 is 43.3. The Morgan fingerprint density at radius 3 is 1.86 bits per heavy atom. The summed E-state index contributed by atoms with van der Waals surface area (Å²) in [5.74, 6) is -4.00. The maximum atomic E-state index is 11.0. The van der Waals surface area contributed by atoms with Crippen molar-refractivity contribution in [2.75, 3.05) is 6.67 Å². The van der Waals surface area contributed by atoms with Crippen molar-refractivity contribution in [1.29, 1.82) is 0 Å². The van der Waals surface area contributed by atoms with E-state index in [9.17, 15) is 17.6 Å². The Hall–Kier alpha value is -0.280. The minimum atomic E-state index is -4.00. The number of halogens is 4. The quantitative estimate of drug-likeness (QED) is 0.478. The minimum Gasteiger partial charge on any atom is -0.244 e. The molecular weight excluding hydrogens is 112 g/mol. The van der Waals surface area contributed by atoms with Gasteiger partial charge in [0, 0.05) is 0 Å². The van der Waals surface area contributed by atoms with Crippen molar-refractivity contribution in [2.45, 2.75) is 5.92 Å². The van der Waals surface area contributed by atoms with Gasteiger partial charge in [-0.25, -0.2) is 8.78 Å². The van der Waals surface area contributed by atoms with E-state index in [0.29, 0.717) is 0 Å². The molecule has 42 valence electrons. The minimum absolute atomic E-state index is 0.0174. The normalized spacial score (nSPS) is 12.0. The number of hydrogen-bond acceptors (Lipinski definition) is 0. The Kier molecular flexibility index (Phi) is 2.05. The van der Waals surface area contributed by atoms with Crippen LogP contribution in [0.25, 0.3) is 0 Å². The second-order valence-electron chi connectivity index (χ2n) is 0.933. The molecule has 0 rings (SSSR count). The van der Waals surface area contributed by atoms with Gasteiger partial charge < -0.3 is 0 Å². The van der Waals surface area contributed by atoms with Gasteiger partial charge >= 0.3 is 5.92 Å². The summed E-state index contributed by atoms with van der Waals surface area (Å²) in [7, 11) is 0. The van der Waals surface area contributed by atoms with Crippen LogP contribution in [0.5, 0.6) is 0 Å². The molecule has 0 heterocycles. The molecule has 0 nitrogen and oxygen atoms in total. The van der Waals surface area contributed by atoms with Gasteiger partial charge in [0.2, 0.25) is 0 Å². The Labute approximate surface area is 38.1 Å². The van der Waals surface area contributed by atoms with E-state index in [1.165, 1.54) is 0 Å². The van der Waals surface area contributed by atoms with Gasteiger partial charge in [-0.1, -0.05) is 0 Å². The lowest BCUT2D eigenvalue weighted by Crippen LogP contribution is -2.16. The summed E-state index contributed by atoms with van der Waals surface area (Å²) in [6.07, 6.45) is 0. The third-order valence-electron chi connectivity index (χ3n) is 0.306. The molecule has 0 unspecified atom stereocenters. The summed E-state index contributed by atoms with van der Waals surface area (Å²) >= 11 is 0. The van der Waals surface area contributed by atoms with Gasteiger partial charge in [-0.2, -0.15) is 8.78 Å². The average molecular weight is 114 g/mol. The van der Waals surface area contributed by atoms with E-state index in [1.54, 1.807) is 0 Å². The lowest BCUT2D eigenvalue weighted by Gasteiger charge is -2.00. The maximum Gasteiger partial charge on any atom is 0.316 e. The largest absolute Gasteiger partial charge is 0.316 e. The molecule has 0 saturated carbocycles. The van der Waals surface area contributed by atoms with Gasteiger partial charge in [0.15, 0.2) is 6.67 Å². The lowest BCUT2D eigenvalue weighted by atomic mass is 10.4. The molecule has 0 saturated heterocycles. The van der Waals surface area contributed by atoms with Crippen molar-refractivity contribution >= 4 is 0 Å². The summed E-state index contributed by atoms with van der Waals surface area (Å²) in [5, 5.41) is 0. The highest BCUT2D eigenvalue weighted by Gasteiger charge is 2.30. The summed E-state index contributed by atoms with van der Waals surface area (Å²) in [4.78, 5) is 0. The van der Waals surface area contributed by atoms with Crippen molar-refractivity contribution in [3.05, 3.63) is 6.67 Å². The molecule has 0 spiro atoms. The van der Waals surface area contributed by atoms with Gasteiger partial charge in [-0.15, -0.1) is 0 Å². The maximum absolute atomic E-state index is 11.0. The van der Waals surface area contributed by atoms with Crippen LogP contribution in [0.3, 0.4) is 0 Å². The first-order valence-corrected chi connectivity index (χ1v) is 1.44. The third-order valence-corrected chi connectivity index (χ3v) is 0.306. The lowest BCUT2D eigenvalue weighted by molar-refractivity contribution is -0.0110. The summed E-state index contributed by atoms with van der Waals surface area (Å²) in [5.41, 5.74) is 0. The van der Waals surface area contributed by atoms with Gasteiger partial charge in [0.05, 0.1) is 0 Å². The smallest absolute Gasteiger partial charge is 0.244 e. The van der Waals surface area contributed by atoms with Crippen LogP contribution in [0.15, 0.2) is 0 Å². The van der Waals surface area contributed by atoms with Crippen molar-refractivity contribution in [3.8, 4) is 0 Å². The molecule has 0 aromatic heterocycles. The first-order valence-electron chi connectivity index (χ1n) is 1.44. The van der Waals surface area contributed by atoms with Crippen LogP contribution in [0.1, 0.15) is 0 Å². The highest BCUT2D eigenvalue weighted by atomic mass is 19.3. The van der Waals surface area contributed by atoms with Crippen LogP contribution in [0.2, 0.25) is 0 Å². The van der Waals surface area contributed by atoms with E-state index in [2.05, 4.69) is 0 Å². The van der Waals surface area contributed by atoms with Crippen molar-refractivity contribution in [1.82, 2.24) is 0 Å². The first-order chi connectivity index (χ1) is 3.12. The van der Waals surface area contributed by atoms with E-state index in [0.717, 1.165) is 0 Å². The van der Waals surface area contributed by atoms with E-state index >= 15 is 0 Å². The van der Waals surface area contributed by atoms with Gasteiger partial charge in [0.1, 0.15) is 0 Å². The molecular formula is C3H2F4. The van der Waals surface area contributed by atoms with Gasteiger partial charge in [-0.05, 0) is 0 Å². The molecule has 0 amide bonds. The predicted octanol–water partition coefficient (Wildman–Crippen LogP) is 1.60. The molecule has 0 aliphatic heterocycles. The predicted molar refractivity (Wildman–Crippen MR) is 15.3 cm³/mol. The van der Waals surface area contributed by atoms with E-state index in [-0.39, 0.29) is 6.67 Å². The van der Waals surface area contributed by atoms with Crippen molar-refractivity contribution in [2.24, 2.45) is 0 Å². The fourth-order valence-corrected chi connectivity index (χ4v) is 0.0253. The van der Waals surface area contributed by atoms with Crippen LogP contribution in [0.4, 0.5) is 17.6 Å². The average Bonchev–Trinajstić information content (AvgIpc) is 1.68. The van der Waals surface area contributed by atoms with Gasteiger partial charge in [-0.3, -0.25) is 0 Å². The fraction of sp³-hybridized carbons (Fsp3) is 0.667. The van der Waals surface area contributed by atoms with E-state index in [4.69, 9.17) is 0 Å². The SMILES string of the molecule is F[C]C(F)(F)CF. The monoisotopic (exact) mass is 114 g/mol. The van der Waals surface area contributed by atoms with E-state index < -0.39 is 12.6 Å². The Balaban J connectivity index is 3.36. The molecule has 0 atom stereocenters. The van der Waals surface area contributed by atoms with E-state index in [1.807, 2.05) is 0 Å². The van der Waals surface area contributed by atoms with Crippen LogP contribution >= 0.6 is 0 Å². The molecule has 0 N–H and O–H groups in total. The number of rotatable bonds is 2. The molecule has 0 aliphatic carbocycles. The second kappa shape index (κ2) is 2.14. The molecule has 0 aromatic carbocycles. The highest BCUT2D eigenvalue weighted by Crippen LogP contribution is 2.17. The molecule has 0 bridgehead atoms. The first kappa shape index (κ1) is 6.72. The van der Waals surface area contributed by atoms with Crippen LogP contribution in [-0.2, 0) is 0 Å². The Bertz CT molecular complexity index is 44.9. The zero-order valence-electron chi connectivity index (χ0n) is 3.22. The topological polar surface area (TPSA) is 0 Å². The summed E-state index contributed by atoms with van der Waals surface area (Å²) in [6, 6.07) is 0. The van der Waals surface area contributed by atoms with Crippen LogP contribution in [0, 0.1) is 6.67 Å². The summed E-state index contributed by atoms with van der Waals surface area (Å²) in [6.45, 7) is -2.04. The number of alkyl halides is 3.